The number of fused-ring (bicyclic) bond motifs is 1. The van der Waals surface area contributed by atoms with Gasteiger partial charge in [-0.15, -0.1) is 0 Å². The van der Waals surface area contributed by atoms with Crippen molar-refractivity contribution in [1.29, 1.82) is 0 Å². The molecule has 0 saturated heterocycles. The van der Waals surface area contributed by atoms with Crippen molar-refractivity contribution in [3.8, 4) is 5.75 Å². The molecule has 0 bridgehead atoms. The third kappa shape index (κ3) is 5.50. The number of carbonyl (C=O) groups excluding carboxylic acids is 2. The van der Waals surface area contributed by atoms with Crippen LogP contribution in [0.15, 0.2) is 41.5 Å². The predicted octanol–water partition coefficient (Wildman–Crippen LogP) is 2.51. The van der Waals surface area contributed by atoms with Crippen LogP contribution in [0.1, 0.15) is 25.8 Å². The topological polar surface area (TPSA) is 128 Å². The monoisotopic (exact) mass is 509 g/mol. The number of carboxylic acid groups (broad SMARTS) is 1. The lowest BCUT2D eigenvalue weighted by molar-refractivity contribution is -0.140. The van der Waals surface area contributed by atoms with Crippen molar-refractivity contribution in [2.75, 3.05) is 6.61 Å². The molecule has 190 valence electrons. The molecule has 3 aromatic rings. The number of carboxylic acids is 1. The summed E-state index contributed by atoms with van der Waals surface area (Å²) in [5.41, 5.74) is -0.163. The number of para-hydroxylation sites is 1. The Morgan fingerprint density at radius 3 is 2.36 bits per heavy atom. The SMILES string of the molecule is CC[C@@H](C(=O)N[C@@H](CC(=O)O)C(=O)COc1c(F)c(F)cc(F)c1F)n1cnc2ccccc2c1=O. The van der Waals surface area contributed by atoms with Crippen LogP contribution >= 0.6 is 0 Å². The lowest BCUT2D eigenvalue weighted by Gasteiger charge is -2.22. The summed E-state index contributed by atoms with van der Waals surface area (Å²) >= 11 is 0. The van der Waals surface area contributed by atoms with Gasteiger partial charge in [0.15, 0.2) is 23.2 Å². The van der Waals surface area contributed by atoms with Crippen molar-refractivity contribution in [2.45, 2.75) is 31.8 Å². The number of nitrogens with zero attached hydrogens (tertiary/aromatic N) is 2. The maximum atomic E-state index is 13.8. The molecule has 0 radical (unpaired) electrons. The predicted molar refractivity (Wildman–Crippen MR) is 116 cm³/mol. The molecule has 36 heavy (non-hydrogen) atoms. The highest BCUT2D eigenvalue weighted by Gasteiger charge is 2.30. The van der Waals surface area contributed by atoms with Gasteiger partial charge in [0.25, 0.3) is 5.56 Å². The van der Waals surface area contributed by atoms with Gasteiger partial charge in [-0.05, 0) is 18.6 Å². The standard InChI is InChI=1S/C23H19F4N3O6/c1-2-16(30-10-28-14-6-4-3-5-11(14)23(30)35)22(34)29-15(8-18(32)33)17(31)9-36-21-19(26)12(24)7-13(25)20(21)27/h3-7,10,15-16H,2,8-9H2,1H3,(H,29,34)(H,32,33)/t15-,16-/m0/s1. The molecular weight excluding hydrogens is 490 g/mol. The zero-order valence-electron chi connectivity index (χ0n) is 18.6. The number of rotatable bonds is 10. The maximum absolute atomic E-state index is 13.8. The lowest BCUT2D eigenvalue weighted by atomic mass is 10.1. The van der Waals surface area contributed by atoms with E-state index in [1.165, 1.54) is 6.07 Å². The minimum atomic E-state index is -1.89. The summed E-state index contributed by atoms with van der Waals surface area (Å²) in [6, 6.07) is 3.39. The van der Waals surface area contributed by atoms with Crippen LogP contribution in [0.3, 0.4) is 0 Å². The van der Waals surface area contributed by atoms with Crippen LogP contribution in [0.2, 0.25) is 0 Å². The zero-order chi connectivity index (χ0) is 26.6. The summed E-state index contributed by atoms with van der Waals surface area (Å²) < 4.78 is 59.9. The van der Waals surface area contributed by atoms with Gasteiger partial charge >= 0.3 is 5.97 Å². The molecule has 0 fully saturated rings. The van der Waals surface area contributed by atoms with E-state index >= 15 is 0 Å². The molecule has 2 N–H and O–H groups in total. The van der Waals surface area contributed by atoms with Crippen LogP contribution in [0.5, 0.6) is 5.75 Å². The fourth-order valence-electron chi connectivity index (χ4n) is 3.42. The lowest BCUT2D eigenvalue weighted by Crippen LogP contribution is -2.48. The quantitative estimate of drug-likeness (QED) is 0.318. The van der Waals surface area contributed by atoms with E-state index in [1.54, 1.807) is 25.1 Å². The zero-order valence-corrected chi connectivity index (χ0v) is 18.6. The fourth-order valence-corrected chi connectivity index (χ4v) is 3.42. The molecule has 1 aromatic heterocycles. The van der Waals surface area contributed by atoms with Gasteiger partial charge in [0.1, 0.15) is 18.7 Å². The molecule has 0 saturated carbocycles. The van der Waals surface area contributed by atoms with Crippen LogP contribution < -0.4 is 15.6 Å². The minimum absolute atomic E-state index is 0.0508. The largest absolute Gasteiger partial charge is 0.481 e. The van der Waals surface area contributed by atoms with Crippen LogP contribution in [0.4, 0.5) is 17.6 Å². The number of amides is 1. The summed E-state index contributed by atoms with van der Waals surface area (Å²) in [5.74, 6) is -12.4. The number of Topliss-reactive ketones (excluding diaryl/α,β-unsaturated/α-hetero) is 1. The minimum Gasteiger partial charge on any atom is -0.481 e. The Bertz CT molecular complexity index is 1370. The molecule has 0 spiro atoms. The Kier molecular flexibility index (Phi) is 8.02. The number of hydrogen-bond acceptors (Lipinski definition) is 6. The second-order valence-corrected chi connectivity index (χ2v) is 7.61. The summed E-state index contributed by atoms with van der Waals surface area (Å²) in [7, 11) is 0. The van der Waals surface area contributed by atoms with E-state index in [2.05, 4.69) is 15.0 Å². The molecular formula is C23H19F4N3O6. The van der Waals surface area contributed by atoms with E-state index in [1.807, 2.05) is 0 Å². The van der Waals surface area contributed by atoms with Gasteiger partial charge in [-0.3, -0.25) is 23.7 Å². The van der Waals surface area contributed by atoms with Crippen LogP contribution in [0.25, 0.3) is 10.9 Å². The molecule has 0 unspecified atom stereocenters. The number of benzene rings is 2. The molecule has 2 aromatic carbocycles. The first-order chi connectivity index (χ1) is 17.0. The molecule has 3 rings (SSSR count). The van der Waals surface area contributed by atoms with E-state index in [-0.39, 0.29) is 17.9 Å². The molecule has 0 aliphatic carbocycles. The Morgan fingerprint density at radius 1 is 1.11 bits per heavy atom. The number of ketones is 1. The summed E-state index contributed by atoms with van der Waals surface area (Å²) in [5, 5.41) is 11.6. The van der Waals surface area contributed by atoms with Gasteiger partial charge in [-0.25, -0.2) is 13.8 Å². The summed E-state index contributed by atoms with van der Waals surface area (Å²) in [4.78, 5) is 53.7. The Labute approximate surface area is 200 Å². The number of nitrogens with one attached hydrogen (secondary N) is 1. The molecule has 1 heterocycles. The van der Waals surface area contributed by atoms with E-state index < -0.39 is 77.3 Å². The van der Waals surface area contributed by atoms with E-state index in [9.17, 15) is 36.7 Å². The number of aliphatic carboxylic acids is 1. The summed E-state index contributed by atoms with van der Waals surface area (Å²) in [6.07, 6.45) is 0.243. The molecule has 2 atom stereocenters. The highest BCUT2D eigenvalue weighted by Crippen LogP contribution is 2.26. The Morgan fingerprint density at radius 2 is 1.75 bits per heavy atom. The van der Waals surface area contributed by atoms with Crippen molar-refractivity contribution in [1.82, 2.24) is 14.9 Å². The first-order valence-electron chi connectivity index (χ1n) is 10.5. The number of carbonyl (C=O) groups is 3. The number of halogens is 4. The van der Waals surface area contributed by atoms with Crippen molar-refractivity contribution in [2.24, 2.45) is 0 Å². The third-order valence-corrected chi connectivity index (χ3v) is 5.23. The Hall–Kier alpha value is -4.29. The number of hydrogen-bond donors (Lipinski definition) is 2. The van der Waals surface area contributed by atoms with Gasteiger partial charge in [0, 0.05) is 6.07 Å². The third-order valence-electron chi connectivity index (χ3n) is 5.23. The average Bonchev–Trinajstić information content (AvgIpc) is 2.84. The number of ether oxygens (including phenoxy) is 1. The molecule has 9 nitrogen and oxygen atoms in total. The highest BCUT2D eigenvalue weighted by atomic mass is 19.2. The van der Waals surface area contributed by atoms with Gasteiger partial charge < -0.3 is 15.2 Å². The van der Waals surface area contributed by atoms with E-state index in [0.717, 1.165) is 10.9 Å². The van der Waals surface area contributed by atoms with Crippen molar-refractivity contribution in [3.63, 3.8) is 0 Å². The van der Waals surface area contributed by atoms with E-state index in [0.29, 0.717) is 5.52 Å². The average molecular weight is 509 g/mol. The van der Waals surface area contributed by atoms with Crippen molar-refractivity contribution < 1.29 is 41.8 Å². The van der Waals surface area contributed by atoms with Gasteiger partial charge in [0.05, 0.1) is 23.7 Å². The van der Waals surface area contributed by atoms with Crippen LogP contribution in [-0.2, 0) is 14.4 Å². The second-order valence-electron chi connectivity index (χ2n) is 7.61. The molecule has 13 heteroatoms. The molecule has 0 aliphatic rings. The molecule has 1 amide bonds. The van der Waals surface area contributed by atoms with Crippen LogP contribution in [-0.4, -0.2) is 45.0 Å². The van der Waals surface area contributed by atoms with Crippen LogP contribution in [0, 0.1) is 23.3 Å². The van der Waals surface area contributed by atoms with Crippen molar-refractivity contribution >= 4 is 28.6 Å². The fraction of sp³-hybridized carbons (Fsp3) is 0.261. The number of aromatic nitrogens is 2. The van der Waals surface area contributed by atoms with Crippen molar-refractivity contribution in [3.05, 3.63) is 70.3 Å². The molecule has 0 aliphatic heterocycles. The van der Waals surface area contributed by atoms with Gasteiger partial charge in [-0.1, -0.05) is 19.1 Å². The maximum Gasteiger partial charge on any atom is 0.305 e. The van der Waals surface area contributed by atoms with E-state index in [4.69, 9.17) is 5.11 Å². The van der Waals surface area contributed by atoms with Gasteiger partial charge in [0.2, 0.25) is 17.5 Å². The first-order valence-corrected chi connectivity index (χ1v) is 10.5. The first kappa shape index (κ1) is 26.3. The smallest absolute Gasteiger partial charge is 0.305 e. The highest BCUT2D eigenvalue weighted by molar-refractivity contribution is 5.93. The normalized spacial score (nSPS) is 12.7. The summed E-state index contributed by atoms with van der Waals surface area (Å²) in [6.45, 7) is 0.344. The second kappa shape index (κ2) is 11.0. The van der Waals surface area contributed by atoms with Gasteiger partial charge in [-0.2, -0.15) is 8.78 Å². The Balaban J connectivity index is 1.82.